The first-order valence-electron chi connectivity index (χ1n) is 9.50. The minimum atomic E-state index is -0.0474. The lowest BCUT2D eigenvalue weighted by Gasteiger charge is -2.53. The van der Waals surface area contributed by atoms with Gasteiger partial charge in [-0.1, -0.05) is 31.9 Å². The highest BCUT2D eigenvalue weighted by Gasteiger charge is 2.55. The highest BCUT2D eigenvalue weighted by Crippen LogP contribution is 2.63. The van der Waals surface area contributed by atoms with Crippen LogP contribution in [0.5, 0.6) is 0 Å². The van der Waals surface area contributed by atoms with Crippen molar-refractivity contribution in [3.63, 3.8) is 0 Å². The summed E-state index contributed by atoms with van der Waals surface area (Å²) in [6.07, 6.45) is 14.4. The molecule has 0 amide bonds. The Morgan fingerprint density at radius 3 is 2.81 bits per heavy atom. The molecular formula is C20H32O. The number of allylic oxidation sites excluding steroid dienone is 1. The second-order valence-corrected chi connectivity index (χ2v) is 8.72. The van der Waals surface area contributed by atoms with Gasteiger partial charge in [0, 0.05) is 0 Å². The molecule has 0 spiro atoms. The zero-order valence-corrected chi connectivity index (χ0v) is 13.9. The number of rotatable bonds is 1. The third kappa shape index (κ3) is 2.06. The van der Waals surface area contributed by atoms with Crippen molar-refractivity contribution in [3.05, 3.63) is 11.6 Å². The maximum atomic E-state index is 9.96. The molecule has 1 nitrogen and oxygen atoms in total. The van der Waals surface area contributed by atoms with Crippen LogP contribution in [0.25, 0.3) is 0 Å². The predicted octanol–water partition coefficient (Wildman–Crippen LogP) is 4.95. The van der Waals surface area contributed by atoms with Crippen molar-refractivity contribution in [1.29, 1.82) is 0 Å². The molecule has 0 saturated heterocycles. The largest absolute Gasteiger partial charge is 0.393 e. The van der Waals surface area contributed by atoms with Crippen molar-refractivity contribution in [2.45, 2.75) is 77.7 Å². The topological polar surface area (TPSA) is 20.2 Å². The fraction of sp³-hybridized carbons (Fsp3) is 0.900. The van der Waals surface area contributed by atoms with E-state index in [-0.39, 0.29) is 6.10 Å². The molecule has 3 saturated carbocycles. The van der Waals surface area contributed by atoms with Crippen LogP contribution in [-0.4, -0.2) is 11.2 Å². The molecule has 0 radical (unpaired) electrons. The fourth-order valence-corrected chi connectivity index (χ4v) is 7.03. The summed E-state index contributed by atoms with van der Waals surface area (Å²) in [5.74, 6) is 4.72. The smallest absolute Gasteiger partial charge is 0.0577 e. The van der Waals surface area contributed by atoms with Crippen molar-refractivity contribution in [1.82, 2.24) is 0 Å². The summed E-state index contributed by atoms with van der Waals surface area (Å²) < 4.78 is 0. The van der Waals surface area contributed by atoms with E-state index in [1.807, 2.05) is 0 Å². The summed E-state index contributed by atoms with van der Waals surface area (Å²) in [5.41, 5.74) is 2.28. The summed E-state index contributed by atoms with van der Waals surface area (Å²) >= 11 is 0. The van der Waals surface area contributed by atoms with Crippen molar-refractivity contribution < 1.29 is 5.11 Å². The standard InChI is InChI=1S/C20H32O/c1-3-14-5-9-19-18-7-4-13-12-15(21)6-8-16(13)17(18)10-11-20(14,19)2/h4,14-19,21H,3,5-12H2,1-2H3. The first-order chi connectivity index (χ1) is 10.1. The predicted molar refractivity (Wildman–Crippen MR) is 86.9 cm³/mol. The molecule has 21 heavy (non-hydrogen) atoms. The lowest BCUT2D eigenvalue weighted by Crippen LogP contribution is -2.46. The number of aliphatic hydroxyl groups excluding tert-OH is 1. The minimum Gasteiger partial charge on any atom is -0.393 e. The van der Waals surface area contributed by atoms with Gasteiger partial charge in [0.2, 0.25) is 0 Å². The molecule has 4 aliphatic carbocycles. The van der Waals surface area contributed by atoms with Crippen molar-refractivity contribution in [2.75, 3.05) is 0 Å². The van der Waals surface area contributed by atoms with Gasteiger partial charge in [0.1, 0.15) is 0 Å². The molecular weight excluding hydrogens is 256 g/mol. The maximum Gasteiger partial charge on any atom is 0.0577 e. The third-order valence-corrected chi connectivity index (χ3v) is 8.11. The Bertz CT molecular complexity index is 439. The molecule has 1 N–H and O–H groups in total. The molecule has 0 aliphatic heterocycles. The molecule has 0 aromatic heterocycles. The van der Waals surface area contributed by atoms with Crippen LogP contribution in [0.4, 0.5) is 0 Å². The summed E-state index contributed by atoms with van der Waals surface area (Å²) in [5, 5.41) is 9.96. The summed E-state index contributed by atoms with van der Waals surface area (Å²) in [7, 11) is 0. The van der Waals surface area contributed by atoms with Crippen LogP contribution in [0, 0.1) is 35.0 Å². The number of fused-ring (bicyclic) bond motifs is 5. The van der Waals surface area contributed by atoms with Gasteiger partial charge in [-0.05, 0) is 86.4 Å². The molecule has 4 aliphatic rings. The van der Waals surface area contributed by atoms with Crippen LogP contribution in [-0.2, 0) is 0 Å². The molecule has 0 aromatic rings. The Kier molecular flexibility index (Phi) is 3.48. The molecule has 1 heteroatoms. The second-order valence-electron chi connectivity index (χ2n) is 8.72. The summed E-state index contributed by atoms with van der Waals surface area (Å²) in [4.78, 5) is 0. The first-order valence-corrected chi connectivity index (χ1v) is 9.50. The van der Waals surface area contributed by atoms with Crippen LogP contribution in [0.2, 0.25) is 0 Å². The lowest BCUT2D eigenvalue weighted by molar-refractivity contribution is -0.0187. The van der Waals surface area contributed by atoms with Gasteiger partial charge >= 0.3 is 0 Å². The Labute approximate surface area is 130 Å². The molecule has 118 valence electrons. The summed E-state index contributed by atoms with van der Waals surface area (Å²) in [6.45, 7) is 5.03. The van der Waals surface area contributed by atoms with E-state index in [0.717, 1.165) is 42.4 Å². The van der Waals surface area contributed by atoms with Crippen LogP contribution < -0.4 is 0 Å². The Morgan fingerprint density at radius 1 is 1.14 bits per heavy atom. The van der Waals surface area contributed by atoms with Crippen molar-refractivity contribution in [3.8, 4) is 0 Å². The van der Waals surface area contributed by atoms with Crippen LogP contribution >= 0.6 is 0 Å². The van der Waals surface area contributed by atoms with Crippen LogP contribution in [0.3, 0.4) is 0 Å². The van der Waals surface area contributed by atoms with Crippen LogP contribution in [0.1, 0.15) is 71.6 Å². The van der Waals surface area contributed by atoms with E-state index < -0.39 is 0 Å². The SMILES string of the molecule is CCC1CCC2C3CC=C4CC(O)CCC4C3CCC12C. The highest BCUT2D eigenvalue weighted by atomic mass is 16.3. The molecule has 0 bridgehead atoms. The van der Waals surface area contributed by atoms with Gasteiger partial charge in [0.05, 0.1) is 6.10 Å². The molecule has 0 heterocycles. The van der Waals surface area contributed by atoms with Gasteiger partial charge in [0.15, 0.2) is 0 Å². The van der Waals surface area contributed by atoms with E-state index in [4.69, 9.17) is 0 Å². The molecule has 4 rings (SSSR count). The minimum absolute atomic E-state index is 0.0474. The lowest BCUT2D eigenvalue weighted by atomic mass is 9.51. The molecule has 7 atom stereocenters. The van der Waals surface area contributed by atoms with E-state index in [0.29, 0.717) is 5.41 Å². The Morgan fingerprint density at radius 2 is 2.00 bits per heavy atom. The van der Waals surface area contributed by atoms with Gasteiger partial charge in [0.25, 0.3) is 0 Å². The van der Waals surface area contributed by atoms with E-state index in [2.05, 4.69) is 19.9 Å². The fourth-order valence-electron chi connectivity index (χ4n) is 7.03. The molecule has 3 fully saturated rings. The van der Waals surface area contributed by atoms with Gasteiger partial charge in [-0.2, -0.15) is 0 Å². The molecule has 0 aromatic carbocycles. The molecule has 7 unspecified atom stereocenters. The zero-order chi connectivity index (χ0) is 14.6. The first kappa shape index (κ1) is 14.3. The van der Waals surface area contributed by atoms with E-state index in [1.165, 1.54) is 44.9 Å². The van der Waals surface area contributed by atoms with Gasteiger partial charge in [-0.15, -0.1) is 0 Å². The number of hydrogen-bond donors (Lipinski definition) is 1. The normalized spacial score (nSPS) is 52.6. The number of aliphatic hydroxyl groups is 1. The van der Waals surface area contributed by atoms with Crippen LogP contribution in [0.15, 0.2) is 11.6 Å². The number of hydrogen-bond acceptors (Lipinski definition) is 1. The quantitative estimate of drug-likeness (QED) is 0.677. The zero-order valence-electron chi connectivity index (χ0n) is 13.9. The average molecular weight is 288 g/mol. The van der Waals surface area contributed by atoms with E-state index in [1.54, 1.807) is 5.57 Å². The van der Waals surface area contributed by atoms with Crippen molar-refractivity contribution in [2.24, 2.45) is 35.0 Å². The van der Waals surface area contributed by atoms with E-state index in [9.17, 15) is 5.11 Å². The van der Waals surface area contributed by atoms with Gasteiger partial charge in [-0.25, -0.2) is 0 Å². The van der Waals surface area contributed by atoms with Gasteiger partial charge < -0.3 is 5.11 Å². The van der Waals surface area contributed by atoms with Gasteiger partial charge in [-0.3, -0.25) is 0 Å². The Hall–Kier alpha value is -0.300. The average Bonchev–Trinajstić information content (AvgIpc) is 2.83. The second kappa shape index (κ2) is 5.11. The monoisotopic (exact) mass is 288 g/mol. The Balaban J connectivity index is 1.60. The van der Waals surface area contributed by atoms with Crippen molar-refractivity contribution >= 4 is 0 Å². The maximum absolute atomic E-state index is 9.96. The highest BCUT2D eigenvalue weighted by molar-refractivity contribution is 5.20. The third-order valence-electron chi connectivity index (χ3n) is 8.11. The summed E-state index contributed by atoms with van der Waals surface area (Å²) in [6, 6.07) is 0. The van der Waals surface area contributed by atoms with E-state index >= 15 is 0 Å².